The van der Waals surface area contributed by atoms with Crippen LogP contribution in [-0.4, -0.2) is 20.4 Å². The molecule has 0 saturated carbocycles. The van der Waals surface area contributed by atoms with E-state index in [2.05, 4.69) is 58.5 Å². The maximum Gasteiger partial charge on any atom is 0.281 e. The third-order valence-corrected chi connectivity index (χ3v) is 1.17. The van der Waals surface area contributed by atoms with Gasteiger partial charge in [0.2, 0.25) is 0 Å². The average Bonchev–Trinajstić information content (AvgIpc) is 2.26. The molecule has 0 spiro atoms. The topological polar surface area (TPSA) is 51.2 Å². The summed E-state index contributed by atoms with van der Waals surface area (Å²) in [5, 5.41) is 0. The van der Waals surface area contributed by atoms with Crippen molar-refractivity contribution in [2.75, 3.05) is 0 Å². The van der Waals surface area contributed by atoms with Gasteiger partial charge < -0.3 is 0 Å². The summed E-state index contributed by atoms with van der Waals surface area (Å²) in [6, 6.07) is 8.45. The van der Waals surface area contributed by atoms with Crippen molar-refractivity contribution in [3.05, 3.63) is 35.4 Å². The van der Waals surface area contributed by atoms with Crippen molar-refractivity contribution in [1.29, 1.82) is 0 Å². The molecule has 6 radical (unpaired) electrons. The van der Waals surface area contributed by atoms with Gasteiger partial charge in [0.05, 0.1) is 0 Å². The van der Waals surface area contributed by atoms with Crippen LogP contribution in [-0.2, 0) is 35.4 Å². The van der Waals surface area contributed by atoms with Crippen LogP contribution in [0.4, 0.5) is 0 Å². The van der Waals surface area contributed by atoms with Crippen LogP contribution in [0.1, 0.15) is 11.1 Å². The van der Waals surface area contributed by atoms with Gasteiger partial charge in [-0.1, -0.05) is 35.4 Å². The molecule has 0 bridgehead atoms. The van der Waals surface area contributed by atoms with E-state index in [1.165, 1.54) is 11.1 Å². The van der Waals surface area contributed by atoms with Gasteiger partial charge in [0, 0.05) is 21.1 Å². The molecule has 0 heterocycles. The van der Waals surface area contributed by atoms with E-state index in [4.69, 9.17) is 14.4 Å². The molecule has 1 aromatic rings. The molecule has 1 aromatic carbocycles. The van der Waals surface area contributed by atoms with Crippen LogP contribution in [0.5, 0.6) is 0 Å². The molecule has 0 atom stereocenters. The first-order chi connectivity index (χ1) is 6.79. The Morgan fingerprint density at radius 3 is 1.20 bits per heavy atom. The fourth-order valence-electron chi connectivity index (χ4n) is 0.807. The molecule has 0 fully saturated rings. The van der Waals surface area contributed by atoms with Gasteiger partial charge in [0.25, 0.3) is 20.4 Å². The number of carbonyl (C=O) groups excluding carboxylic acids is 3. The molecule has 0 saturated heterocycles. The first-order valence-electron chi connectivity index (χ1n) is 3.43. The van der Waals surface area contributed by atoms with Crippen LogP contribution in [0.25, 0.3) is 0 Å². The summed E-state index contributed by atoms with van der Waals surface area (Å²) in [5.74, 6) is 0. The minimum Gasteiger partial charge on any atom is -0.281 e. The Morgan fingerprint density at radius 1 is 0.800 bits per heavy atom. The van der Waals surface area contributed by atoms with E-state index in [0.29, 0.717) is 0 Å². The normalized spacial score (nSPS) is 5.73. The van der Waals surface area contributed by atoms with Crippen LogP contribution >= 0.6 is 0 Å². The summed E-state index contributed by atoms with van der Waals surface area (Å²) in [6.07, 6.45) is 0. The van der Waals surface area contributed by atoms with Crippen LogP contribution in [0, 0.1) is 13.8 Å². The maximum absolute atomic E-state index is 7.50. The number of rotatable bonds is 0. The molecule has 4 heteroatoms. The van der Waals surface area contributed by atoms with Gasteiger partial charge in [-0.15, -0.1) is 0 Å². The molecular weight excluding hydrogens is 276 g/mol. The van der Waals surface area contributed by atoms with Crippen molar-refractivity contribution in [1.82, 2.24) is 0 Å². The Kier molecular flexibility index (Phi) is 36.3. The van der Waals surface area contributed by atoms with Gasteiger partial charge in [-0.25, -0.2) is 0 Å². The predicted octanol–water partition coefficient (Wildman–Crippen LogP) is 1.11. The molecule has 0 aliphatic rings. The smallest absolute Gasteiger partial charge is 0.281 e. The SMILES string of the molecule is Cc1cccc(C)c1.[C]=O.[C]=O.[C]=O.[Mo]. The minimum atomic E-state index is 0. The summed E-state index contributed by atoms with van der Waals surface area (Å²) in [6.45, 7) is 17.7. The van der Waals surface area contributed by atoms with Gasteiger partial charge in [-0.05, 0) is 13.8 Å². The fraction of sp³-hybridized carbons (Fsp3) is 0.182. The molecule has 0 aliphatic heterocycles. The number of aryl methyl sites for hydroxylation is 2. The van der Waals surface area contributed by atoms with Gasteiger partial charge >= 0.3 is 0 Å². The summed E-state index contributed by atoms with van der Waals surface area (Å²) >= 11 is 0. The van der Waals surface area contributed by atoms with E-state index in [1.807, 2.05) is 0 Å². The van der Waals surface area contributed by atoms with Crippen molar-refractivity contribution >= 4 is 20.4 Å². The second kappa shape index (κ2) is 23.1. The Hall–Kier alpha value is -1.08. The van der Waals surface area contributed by atoms with Gasteiger partial charge in [-0.2, -0.15) is 0 Å². The molecule has 1 rings (SSSR count). The molecule has 0 unspecified atom stereocenters. The second-order valence-electron chi connectivity index (χ2n) is 2.16. The molecule has 0 amide bonds. The molecule has 0 aliphatic carbocycles. The predicted molar refractivity (Wildman–Crippen MR) is 53.0 cm³/mol. The Labute approximate surface area is 105 Å². The zero-order chi connectivity index (χ0) is 12.0. The number of hydrogen-bond donors (Lipinski definition) is 0. The van der Waals surface area contributed by atoms with Crippen molar-refractivity contribution in [3.8, 4) is 0 Å². The van der Waals surface area contributed by atoms with Crippen molar-refractivity contribution in [2.45, 2.75) is 13.8 Å². The monoisotopic (exact) mass is 288 g/mol. The van der Waals surface area contributed by atoms with Gasteiger partial charge in [0.15, 0.2) is 0 Å². The summed E-state index contributed by atoms with van der Waals surface area (Å²) < 4.78 is 0. The summed E-state index contributed by atoms with van der Waals surface area (Å²) in [4.78, 5) is 22.5. The standard InChI is InChI=1S/C8H10.3CO.Mo/c1-7-4-3-5-8(2)6-7;3*1-2;/h3-6H,1-2H3;;;;. The third-order valence-electron chi connectivity index (χ3n) is 1.17. The Bertz CT molecular complexity index is 207. The van der Waals surface area contributed by atoms with Gasteiger partial charge in [-0.3, -0.25) is 14.4 Å². The Morgan fingerprint density at radius 2 is 1.07 bits per heavy atom. The van der Waals surface area contributed by atoms with E-state index in [-0.39, 0.29) is 21.1 Å². The van der Waals surface area contributed by atoms with Crippen LogP contribution in [0.3, 0.4) is 0 Å². The summed E-state index contributed by atoms with van der Waals surface area (Å²) in [7, 11) is 0. The number of hydrogen-bond acceptors (Lipinski definition) is 3. The van der Waals surface area contributed by atoms with Gasteiger partial charge in [0.1, 0.15) is 0 Å². The van der Waals surface area contributed by atoms with Crippen LogP contribution < -0.4 is 0 Å². The van der Waals surface area contributed by atoms with E-state index in [9.17, 15) is 0 Å². The largest absolute Gasteiger partial charge is 0.281 e. The molecule has 0 aromatic heterocycles. The van der Waals surface area contributed by atoms with Crippen LogP contribution in [0.15, 0.2) is 24.3 Å². The van der Waals surface area contributed by atoms with E-state index >= 15 is 0 Å². The minimum absolute atomic E-state index is 0. The zero-order valence-corrected chi connectivity index (χ0v) is 10.4. The van der Waals surface area contributed by atoms with Crippen molar-refractivity contribution in [2.24, 2.45) is 0 Å². The average molecular weight is 286 g/mol. The second-order valence-corrected chi connectivity index (χ2v) is 2.16. The fourth-order valence-corrected chi connectivity index (χ4v) is 0.807. The molecule has 78 valence electrons. The van der Waals surface area contributed by atoms with E-state index < -0.39 is 0 Å². The molecule has 3 nitrogen and oxygen atoms in total. The molecule has 15 heavy (non-hydrogen) atoms. The third kappa shape index (κ3) is 19.4. The quantitative estimate of drug-likeness (QED) is 0.671. The molecular formula is C11H10MoO3. The Balaban J connectivity index is -0.0000000755. The zero-order valence-electron chi connectivity index (χ0n) is 8.44. The first kappa shape index (κ1) is 23.6. The van der Waals surface area contributed by atoms with E-state index in [0.717, 1.165) is 0 Å². The van der Waals surface area contributed by atoms with Crippen molar-refractivity contribution in [3.63, 3.8) is 0 Å². The maximum atomic E-state index is 7.50. The molecule has 0 N–H and O–H groups in total. The number of benzene rings is 1. The summed E-state index contributed by atoms with van der Waals surface area (Å²) in [5.41, 5.74) is 2.68. The van der Waals surface area contributed by atoms with Crippen molar-refractivity contribution < 1.29 is 35.4 Å². The van der Waals surface area contributed by atoms with Crippen LogP contribution in [0.2, 0.25) is 0 Å². The first-order valence-corrected chi connectivity index (χ1v) is 3.43. The van der Waals surface area contributed by atoms with E-state index in [1.54, 1.807) is 0 Å².